The summed E-state index contributed by atoms with van der Waals surface area (Å²) < 4.78 is 0. The molecule has 0 radical (unpaired) electrons. The van der Waals surface area contributed by atoms with Crippen LogP contribution in [0.25, 0.3) is 10.9 Å². The summed E-state index contributed by atoms with van der Waals surface area (Å²) in [6.45, 7) is 2.03. The van der Waals surface area contributed by atoms with Gasteiger partial charge in [0.25, 0.3) is 5.91 Å². The van der Waals surface area contributed by atoms with E-state index in [9.17, 15) is 4.79 Å². The van der Waals surface area contributed by atoms with Crippen LogP contribution < -0.4 is 5.32 Å². The van der Waals surface area contributed by atoms with E-state index in [4.69, 9.17) is 11.6 Å². The Morgan fingerprint density at radius 2 is 2.27 bits per heavy atom. The Kier molecular flexibility index (Phi) is 4.31. The lowest BCUT2D eigenvalue weighted by Gasteiger charge is -2.10. The fourth-order valence-electron chi connectivity index (χ4n) is 2.09. The lowest BCUT2D eigenvalue weighted by Crippen LogP contribution is -2.15. The number of nitrogens with one attached hydrogen (secondary N) is 2. The highest BCUT2D eigenvalue weighted by atomic mass is 35.5. The zero-order valence-electron chi connectivity index (χ0n) is 11.8. The maximum atomic E-state index is 12.5. The number of anilines is 1. The largest absolute Gasteiger partial charge is 0.319 e. The molecule has 2 N–H and O–H groups in total. The Morgan fingerprint density at radius 3 is 3.09 bits per heavy atom. The number of rotatable bonds is 4. The molecule has 0 unspecified atom stereocenters. The molecule has 1 amide bonds. The second-order valence-electron chi connectivity index (χ2n) is 4.50. The number of hydrogen-bond acceptors (Lipinski definition) is 4. The summed E-state index contributed by atoms with van der Waals surface area (Å²) in [5, 5.41) is 10.8. The molecule has 0 aliphatic carbocycles. The minimum Gasteiger partial charge on any atom is -0.319 e. The first-order chi connectivity index (χ1) is 10.7. The number of benzene rings is 1. The third-order valence-corrected chi connectivity index (χ3v) is 4.43. The van der Waals surface area contributed by atoms with Crippen molar-refractivity contribution in [1.82, 2.24) is 15.2 Å². The summed E-state index contributed by atoms with van der Waals surface area (Å²) >= 11 is 7.89. The summed E-state index contributed by atoms with van der Waals surface area (Å²) in [5.41, 5.74) is 1.76. The van der Waals surface area contributed by atoms with E-state index in [1.165, 1.54) is 0 Å². The van der Waals surface area contributed by atoms with E-state index in [0.717, 1.165) is 21.6 Å². The van der Waals surface area contributed by atoms with Gasteiger partial charge in [-0.25, -0.2) is 4.98 Å². The third-order valence-electron chi connectivity index (χ3n) is 3.09. The normalized spacial score (nSPS) is 10.8. The van der Waals surface area contributed by atoms with Crippen LogP contribution in [0.2, 0.25) is 5.02 Å². The van der Waals surface area contributed by atoms with Gasteiger partial charge in [0, 0.05) is 16.5 Å². The summed E-state index contributed by atoms with van der Waals surface area (Å²) in [5.74, 6) is 0.592. The molecule has 0 fully saturated rings. The Bertz CT molecular complexity index is 833. The smallest absolute Gasteiger partial charge is 0.275 e. The van der Waals surface area contributed by atoms with Crippen molar-refractivity contribution in [3.05, 3.63) is 47.4 Å². The van der Waals surface area contributed by atoms with Crippen LogP contribution in [0.3, 0.4) is 0 Å². The first kappa shape index (κ1) is 14.9. The van der Waals surface area contributed by atoms with Gasteiger partial charge in [-0.2, -0.15) is 5.10 Å². The van der Waals surface area contributed by atoms with Crippen LogP contribution in [-0.2, 0) is 0 Å². The molecule has 5 nitrogen and oxygen atoms in total. The number of fused-ring (bicyclic) bond motifs is 1. The van der Waals surface area contributed by atoms with E-state index in [-0.39, 0.29) is 5.91 Å². The number of halogens is 1. The van der Waals surface area contributed by atoms with Gasteiger partial charge in [0.1, 0.15) is 5.69 Å². The molecule has 7 heteroatoms. The molecule has 0 saturated carbocycles. The van der Waals surface area contributed by atoms with Gasteiger partial charge < -0.3 is 5.32 Å². The van der Waals surface area contributed by atoms with Crippen LogP contribution in [0.1, 0.15) is 17.4 Å². The van der Waals surface area contributed by atoms with Crippen LogP contribution in [-0.4, -0.2) is 26.8 Å². The minimum absolute atomic E-state index is 0.277. The molecule has 1 aromatic carbocycles. The number of nitrogens with zero attached hydrogens (tertiary/aromatic N) is 2. The van der Waals surface area contributed by atoms with E-state index in [0.29, 0.717) is 16.4 Å². The first-order valence-corrected chi connectivity index (χ1v) is 8.07. The number of carbonyl (C=O) groups is 1. The predicted molar refractivity (Wildman–Crippen MR) is 89.7 cm³/mol. The van der Waals surface area contributed by atoms with Gasteiger partial charge in [-0.1, -0.05) is 18.5 Å². The molecule has 3 rings (SSSR count). The molecule has 22 heavy (non-hydrogen) atoms. The number of aromatic amines is 1. The number of amides is 1. The van der Waals surface area contributed by atoms with Crippen molar-refractivity contribution >= 4 is 45.9 Å². The SMILES string of the molecule is CCSc1cccnc1C(=O)Nc1ccc2[nH]ncc2c1Cl. The number of H-pyrrole nitrogens is 1. The van der Waals surface area contributed by atoms with Crippen molar-refractivity contribution in [2.24, 2.45) is 0 Å². The van der Waals surface area contributed by atoms with Crippen molar-refractivity contribution in [2.45, 2.75) is 11.8 Å². The average molecular weight is 333 g/mol. The minimum atomic E-state index is -0.277. The highest BCUT2D eigenvalue weighted by Crippen LogP contribution is 2.30. The molecule has 0 saturated heterocycles. The average Bonchev–Trinajstić information content (AvgIpc) is 3.00. The van der Waals surface area contributed by atoms with Gasteiger partial charge in [0.2, 0.25) is 0 Å². The Labute approximate surface area is 136 Å². The highest BCUT2D eigenvalue weighted by molar-refractivity contribution is 7.99. The first-order valence-electron chi connectivity index (χ1n) is 6.71. The lowest BCUT2D eigenvalue weighted by atomic mass is 10.2. The molecule has 0 bridgehead atoms. The Balaban J connectivity index is 1.91. The standard InChI is InChI=1S/C15H13ClN4OS/c1-2-22-12-4-3-7-17-14(12)15(21)19-11-6-5-10-9(13(11)16)8-18-20-10/h3-8H,2H2,1H3,(H,18,20)(H,19,21). The van der Waals surface area contributed by atoms with Crippen molar-refractivity contribution in [3.63, 3.8) is 0 Å². The van der Waals surface area contributed by atoms with E-state index in [1.54, 1.807) is 30.2 Å². The van der Waals surface area contributed by atoms with Gasteiger partial charge in [0.15, 0.2) is 0 Å². The zero-order chi connectivity index (χ0) is 15.5. The van der Waals surface area contributed by atoms with Crippen LogP contribution >= 0.6 is 23.4 Å². The van der Waals surface area contributed by atoms with Gasteiger partial charge in [-0.15, -0.1) is 11.8 Å². The summed E-state index contributed by atoms with van der Waals surface area (Å²) in [6.07, 6.45) is 3.24. The number of carbonyl (C=O) groups excluding carboxylic acids is 1. The summed E-state index contributed by atoms with van der Waals surface area (Å²) in [4.78, 5) is 17.5. The predicted octanol–water partition coefficient (Wildman–Crippen LogP) is 3.98. The van der Waals surface area contributed by atoms with Crippen molar-refractivity contribution in [2.75, 3.05) is 11.1 Å². The molecule has 2 heterocycles. The fraction of sp³-hybridized carbons (Fsp3) is 0.133. The highest BCUT2D eigenvalue weighted by Gasteiger charge is 2.15. The van der Waals surface area contributed by atoms with E-state index in [1.807, 2.05) is 25.1 Å². The van der Waals surface area contributed by atoms with Gasteiger partial charge in [-0.3, -0.25) is 9.89 Å². The molecular formula is C15H13ClN4OS. The summed E-state index contributed by atoms with van der Waals surface area (Å²) in [6, 6.07) is 7.27. The van der Waals surface area contributed by atoms with Gasteiger partial charge in [0.05, 0.1) is 22.4 Å². The molecule has 3 aromatic rings. The maximum absolute atomic E-state index is 12.5. The molecular weight excluding hydrogens is 320 g/mol. The Morgan fingerprint density at radius 1 is 1.41 bits per heavy atom. The van der Waals surface area contributed by atoms with Crippen molar-refractivity contribution < 1.29 is 4.79 Å². The molecule has 0 spiro atoms. The van der Waals surface area contributed by atoms with Crippen molar-refractivity contribution in [1.29, 1.82) is 0 Å². The Hall–Kier alpha value is -2.05. The topological polar surface area (TPSA) is 70.7 Å². The van der Waals surface area contributed by atoms with Crippen LogP contribution in [0.4, 0.5) is 5.69 Å². The molecule has 2 aromatic heterocycles. The van der Waals surface area contributed by atoms with Gasteiger partial charge in [-0.05, 0) is 30.0 Å². The van der Waals surface area contributed by atoms with Crippen molar-refractivity contribution in [3.8, 4) is 0 Å². The van der Waals surface area contributed by atoms with Crippen LogP contribution in [0, 0.1) is 0 Å². The van der Waals surface area contributed by atoms with E-state index < -0.39 is 0 Å². The van der Waals surface area contributed by atoms with Crippen LogP contribution in [0.5, 0.6) is 0 Å². The number of aromatic nitrogens is 3. The monoisotopic (exact) mass is 332 g/mol. The van der Waals surface area contributed by atoms with E-state index >= 15 is 0 Å². The third kappa shape index (κ3) is 2.80. The second-order valence-corrected chi connectivity index (χ2v) is 6.18. The molecule has 0 aliphatic rings. The van der Waals surface area contributed by atoms with Gasteiger partial charge >= 0.3 is 0 Å². The van der Waals surface area contributed by atoms with Crippen LogP contribution in [0.15, 0.2) is 41.6 Å². The number of pyridine rings is 1. The summed E-state index contributed by atoms with van der Waals surface area (Å²) in [7, 11) is 0. The molecule has 112 valence electrons. The quantitative estimate of drug-likeness (QED) is 0.709. The second kappa shape index (κ2) is 6.37. The lowest BCUT2D eigenvalue weighted by molar-refractivity contribution is 0.101. The number of hydrogen-bond donors (Lipinski definition) is 2. The number of thioether (sulfide) groups is 1. The fourth-order valence-corrected chi connectivity index (χ4v) is 3.12. The van der Waals surface area contributed by atoms with E-state index in [2.05, 4.69) is 20.5 Å². The zero-order valence-corrected chi connectivity index (χ0v) is 13.3. The molecule has 0 aliphatic heterocycles. The maximum Gasteiger partial charge on any atom is 0.275 e. The molecule has 0 atom stereocenters.